The van der Waals surface area contributed by atoms with Crippen LogP contribution in [0.25, 0.3) is 32.7 Å². The first kappa shape index (κ1) is 25.7. The van der Waals surface area contributed by atoms with E-state index in [-0.39, 0.29) is 11.9 Å². The average Bonchev–Trinajstić information content (AvgIpc) is 3.18. The van der Waals surface area contributed by atoms with Crippen molar-refractivity contribution in [2.24, 2.45) is 10.9 Å². The molecule has 0 bridgehead atoms. The fourth-order valence-corrected chi connectivity index (χ4v) is 5.41. The molecule has 0 amide bonds. The number of aliphatic imine (C=N–C) groups is 1. The van der Waals surface area contributed by atoms with E-state index in [4.69, 9.17) is 14.0 Å². The number of ether oxygens (including phenoxy) is 1. The van der Waals surface area contributed by atoms with E-state index < -0.39 is 7.12 Å². The number of fused-ring (bicyclic) bond motifs is 7. The SMILES string of the molecule is COC(=O)[C@@H](C)CCCN=Cc1ccccc1B1Oc2ccc3ccccc3c2-c2c(ccc3ccccc23)O1. The average molecular weight is 527 g/mol. The van der Waals surface area contributed by atoms with Gasteiger partial charge in [0.1, 0.15) is 11.5 Å². The van der Waals surface area contributed by atoms with E-state index in [1.54, 1.807) is 0 Å². The number of nitrogens with zero attached hydrogens (tertiary/aromatic N) is 1. The number of benzene rings is 5. The van der Waals surface area contributed by atoms with Crippen LogP contribution in [0.4, 0.5) is 0 Å². The Bertz CT molecular complexity index is 1640. The maximum Gasteiger partial charge on any atom is 0.633 e. The lowest BCUT2D eigenvalue weighted by Crippen LogP contribution is -2.44. The molecule has 0 saturated heterocycles. The van der Waals surface area contributed by atoms with Crippen LogP contribution in [0.15, 0.2) is 102 Å². The molecule has 0 saturated carbocycles. The predicted molar refractivity (Wildman–Crippen MR) is 163 cm³/mol. The van der Waals surface area contributed by atoms with Crippen LogP contribution in [0.3, 0.4) is 0 Å². The maximum absolute atomic E-state index is 11.7. The lowest BCUT2D eigenvalue weighted by atomic mass is 9.75. The summed E-state index contributed by atoms with van der Waals surface area (Å²) in [4.78, 5) is 16.3. The highest BCUT2D eigenvalue weighted by molar-refractivity contribution is 6.64. The van der Waals surface area contributed by atoms with E-state index in [1.165, 1.54) is 7.11 Å². The van der Waals surface area contributed by atoms with Crippen molar-refractivity contribution in [3.05, 3.63) is 103 Å². The van der Waals surface area contributed by atoms with Crippen LogP contribution in [-0.2, 0) is 9.53 Å². The van der Waals surface area contributed by atoms with Gasteiger partial charge in [-0.1, -0.05) is 91.9 Å². The lowest BCUT2D eigenvalue weighted by molar-refractivity contribution is -0.145. The zero-order chi connectivity index (χ0) is 27.5. The fourth-order valence-electron chi connectivity index (χ4n) is 5.41. The van der Waals surface area contributed by atoms with Crippen LogP contribution in [0.1, 0.15) is 25.3 Å². The summed E-state index contributed by atoms with van der Waals surface area (Å²) >= 11 is 0. The van der Waals surface area contributed by atoms with E-state index in [1.807, 2.05) is 49.5 Å². The third-order valence-corrected chi connectivity index (χ3v) is 7.51. The van der Waals surface area contributed by atoms with Crippen LogP contribution < -0.4 is 14.8 Å². The number of methoxy groups -OCH3 is 1. The normalized spacial score (nSPS) is 13.3. The Balaban J connectivity index is 1.38. The van der Waals surface area contributed by atoms with Gasteiger partial charge in [0.15, 0.2) is 0 Å². The summed E-state index contributed by atoms with van der Waals surface area (Å²) in [7, 11) is 0.761. The van der Waals surface area contributed by atoms with Crippen LogP contribution in [0.2, 0.25) is 0 Å². The molecule has 5 aromatic rings. The van der Waals surface area contributed by atoms with Gasteiger partial charge in [0, 0.05) is 29.3 Å². The van der Waals surface area contributed by atoms with E-state index in [2.05, 4.69) is 65.7 Å². The highest BCUT2D eigenvalue weighted by atomic mass is 16.6. The number of carbonyl (C=O) groups excluding carboxylic acids is 1. The van der Waals surface area contributed by atoms with Crippen molar-refractivity contribution >= 4 is 46.3 Å². The third-order valence-electron chi connectivity index (χ3n) is 7.51. The highest BCUT2D eigenvalue weighted by Gasteiger charge is 2.34. The van der Waals surface area contributed by atoms with Crippen molar-refractivity contribution in [2.75, 3.05) is 13.7 Å². The lowest BCUT2D eigenvalue weighted by Gasteiger charge is -2.16. The first-order chi connectivity index (χ1) is 19.6. The molecule has 0 aliphatic carbocycles. The van der Waals surface area contributed by atoms with Gasteiger partial charge in [-0.3, -0.25) is 9.79 Å². The van der Waals surface area contributed by atoms with Crippen LogP contribution in [-0.4, -0.2) is 33.0 Å². The first-order valence-electron chi connectivity index (χ1n) is 13.7. The minimum absolute atomic E-state index is 0.132. The number of carbonyl (C=O) groups is 1. The second-order valence-electron chi connectivity index (χ2n) is 10.1. The first-order valence-corrected chi connectivity index (χ1v) is 13.7. The Morgan fingerprint density at radius 2 is 1.40 bits per heavy atom. The van der Waals surface area contributed by atoms with Crippen LogP contribution in [0, 0.1) is 5.92 Å². The summed E-state index contributed by atoms with van der Waals surface area (Å²) in [6, 6.07) is 33.1. The molecule has 40 heavy (non-hydrogen) atoms. The van der Waals surface area contributed by atoms with E-state index in [9.17, 15) is 4.79 Å². The second kappa shape index (κ2) is 11.3. The molecular formula is C34H30BNO4. The standard InChI is InChI=1S/C34H30BNO4/c1-23(34(37)38-2)10-9-21-36-22-26-13-5-8-16-29(26)35-39-30-19-17-24-11-3-6-14-27(24)32(30)33-28-15-7-4-12-25(28)18-20-31(33)40-35/h3-8,11-20,22-23H,9-10,21H2,1-2H3/t23-/m0/s1. The van der Waals surface area contributed by atoms with Crippen LogP contribution in [0.5, 0.6) is 11.5 Å². The van der Waals surface area contributed by atoms with E-state index in [0.717, 1.165) is 68.0 Å². The van der Waals surface area contributed by atoms with Gasteiger partial charge in [0.25, 0.3) is 0 Å². The summed E-state index contributed by atoms with van der Waals surface area (Å²) in [6.07, 6.45) is 3.40. The van der Waals surface area contributed by atoms with Crippen molar-refractivity contribution in [3.63, 3.8) is 0 Å². The molecule has 0 N–H and O–H groups in total. The van der Waals surface area contributed by atoms with Crippen molar-refractivity contribution in [1.82, 2.24) is 0 Å². The van der Waals surface area contributed by atoms with Crippen molar-refractivity contribution in [2.45, 2.75) is 19.8 Å². The Morgan fingerprint density at radius 3 is 2.02 bits per heavy atom. The van der Waals surface area contributed by atoms with Gasteiger partial charge in [-0.25, -0.2) is 0 Å². The Kier molecular flexibility index (Phi) is 7.24. The van der Waals surface area contributed by atoms with Gasteiger partial charge in [0.05, 0.1) is 13.0 Å². The molecule has 0 aromatic heterocycles. The molecule has 5 nitrogen and oxygen atoms in total. The summed E-state index contributed by atoms with van der Waals surface area (Å²) in [5, 5.41) is 4.54. The topological polar surface area (TPSA) is 57.1 Å². The molecule has 0 radical (unpaired) electrons. The predicted octanol–water partition coefficient (Wildman–Crippen LogP) is 6.83. The monoisotopic (exact) mass is 527 g/mol. The molecule has 1 aliphatic heterocycles. The summed E-state index contributed by atoms with van der Waals surface area (Å²) in [5.74, 6) is 1.25. The smallest absolute Gasteiger partial charge is 0.521 e. The summed E-state index contributed by atoms with van der Waals surface area (Å²) in [6.45, 7) is 2.50. The Labute approximate surface area is 234 Å². The minimum atomic E-state index is -0.663. The molecule has 0 fully saturated rings. The Hall–Kier alpha value is -4.58. The molecular weight excluding hydrogens is 497 g/mol. The Morgan fingerprint density at radius 1 is 0.825 bits per heavy atom. The van der Waals surface area contributed by atoms with E-state index in [0.29, 0.717) is 6.54 Å². The summed E-state index contributed by atoms with van der Waals surface area (Å²) in [5.41, 5.74) is 3.91. The molecule has 0 unspecified atom stereocenters. The molecule has 6 rings (SSSR count). The third kappa shape index (κ3) is 4.93. The zero-order valence-corrected chi connectivity index (χ0v) is 22.7. The number of hydrogen-bond donors (Lipinski definition) is 0. The molecule has 1 atom stereocenters. The largest absolute Gasteiger partial charge is 0.633 e. The fraction of sp³-hybridized carbons (Fsp3) is 0.176. The molecule has 6 heteroatoms. The number of esters is 1. The van der Waals surface area contributed by atoms with Gasteiger partial charge in [-0.05, 0) is 52.1 Å². The minimum Gasteiger partial charge on any atom is -0.521 e. The molecule has 1 heterocycles. The molecule has 198 valence electrons. The van der Waals surface area contributed by atoms with Gasteiger partial charge in [0.2, 0.25) is 0 Å². The zero-order valence-electron chi connectivity index (χ0n) is 22.7. The van der Waals surface area contributed by atoms with Crippen LogP contribution >= 0.6 is 0 Å². The quantitative estimate of drug-likeness (QED) is 0.101. The molecule has 0 spiro atoms. The van der Waals surface area contributed by atoms with Gasteiger partial charge >= 0.3 is 13.1 Å². The summed E-state index contributed by atoms with van der Waals surface area (Å²) < 4.78 is 18.2. The van der Waals surface area contributed by atoms with Gasteiger partial charge < -0.3 is 14.0 Å². The molecule has 5 aromatic carbocycles. The number of rotatable bonds is 7. The van der Waals surface area contributed by atoms with Gasteiger partial charge in [-0.15, -0.1) is 0 Å². The van der Waals surface area contributed by atoms with Gasteiger partial charge in [-0.2, -0.15) is 0 Å². The highest BCUT2D eigenvalue weighted by Crippen LogP contribution is 2.47. The number of hydrogen-bond acceptors (Lipinski definition) is 5. The molecule has 1 aliphatic rings. The van der Waals surface area contributed by atoms with Crippen molar-refractivity contribution < 1.29 is 18.8 Å². The maximum atomic E-state index is 11.7. The van der Waals surface area contributed by atoms with Crippen molar-refractivity contribution in [3.8, 4) is 22.6 Å². The van der Waals surface area contributed by atoms with Crippen molar-refractivity contribution in [1.29, 1.82) is 0 Å². The second-order valence-corrected chi connectivity index (χ2v) is 10.1. The van der Waals surface area contributed by atoms with E-state index >= 15 is 0 Å².